The third-order valence-electron chi connectivity index (χ3n) is 3.08. The molecule has 0 spiro atoms. The molecule has 5 nitrogen and oxygen atoms in total. The lowest BCUT2D eigenvalue weighted by Crippen LogP contribution is -2.34. The maximum atomic E-state index is 12.0. The molecule has 1 aromatic heterocycles. The summed E-state index contributed by atoms with van der Waals surface area (Å²) in [6, 6.07) is 7.13. The van der Waals surface area contributed by atoms with E-state index in [0.29, 0.717) is 18.0 Å². The van der Waals surface area contributed by atoms with Crippen LogP contribution in [0.3, 0.4) is 0 Å². The van der Waals surface area contributed by atoms with Gasteiger partial charge in [-0.3, -0.25) is 0 Å². The molecule has 94 valence electrons. The standard InChI is InChI=1S/C12H13N3O2S/c16-18(17)6-5-15(8-10-7-13-9-14-10)11-3-1-2-4-12(11)18/h1-4,7,9H,5-6,8H2,(H,13,14). The van der Waals surface area contributed by atoms with Crippen LogP contribution in [0.5, 0.6) is 0 Å². The molecule has 1 aliphatic heterocycles. The zero-order chi connectivity index (χ0) is 12.6. The fourth-order valence-corrected chi connectivity index (χ4v) is 3.66. The molecule has 1 aromatic carbocycles. The van der Waals surface area contributed by atoms with Gasteiger partial charge < -0.3 is 9.88 Å². The second-order valence-electron chi connectivity index (χ2n) is 4.27. The SMILES string of the molecule is O=S1(=O)CCN(Cc2c[nH]cn2)c2ccccc21. The Morgan fingerprint density at radius 2 is 2.17 bits per heavy atom. The molecule has 0 saturated carbocycles. The maximum absolute atomic E-state index is 12.0. The number of nitrogens with one attached hydrogen (secondary N) is 1. The van der Waals surface area contributed by atoms with Gasteiger partial charge in [-0.05, 0) is 12.1 Å². The normalized spacial score (nSPS) is 17.4. The number of para-hydroxylation sites is 1. The number of hydrogen-bond donors (Lipinski definition) is 1. The first-order valence-corrected chi connectivity index (χ1v) is 7.36. The van der Waals surface area contributed by atoms with Gasteiger partial charge in [0.15, 0.2) is 9.84 Å². The quantitative estimate of drug-likeness (QED) is 0.884. The van der Waals surface area contributed by atoms with E-state index in [1.54, 1.807) is 18.5 Å². The third kappa shape index (κ3) is 1.88. The van der Waals surface area contributed by atoms with Crippen molar-refractivity contribution in [3.05, 3.63) is 42.5 Å². The summed E-state index contributed by atoms with van der Waals surface area (Å²) in [4.78, 5) is 9.55. The zero-order valence-corrected chi connectivity index (χ0v) is 10.5. The van der Waals surface area contributed by atoms with Gasteiger partial charge in [0.05, 0.1) is 34.9 Å². The maximum Gasteiger partial charge on any atom is 0.182 e. The monoisotopic (exact) mass is 263 g/mol. The van der Waals surface area contributed by atoms with E-state index in [0.717, 1.165) is 11.4 Å². The van der Waals surface area contributed by atoms with Crippen molar-refractivity contribution in [1.29, 1.82) is 0 Å². The predicted molar refractivity (Wildman–Crippen MR) is 68.1 cm³/mol. The summed E-state index contributed by atoms with van der Waals surface area (Å²) in [5, 5.41) is 0. The molecule has 1 aliphatic rings. The van der Waals surface area contributed by atoms with Gasteiger partial charge in [0, 0.05) is 12.7 Å². The summed E-state index contributed by atoms with van der Waals surface area (Å²) < 4.78 is 23.9. The minimum absolute atomic E-state index is 0.161. The fourth-order valence-electron chi connectivity index (χ4n) is 2.18. The zero-order valence-electron chi connectivity index (χ0n) is 9.70. The smallest absolute Gasteiger partial charge is 0.182 e. The highest BCUT2D eigenvalue weighted by atomic mass is 32.2. The molecule has 18 heavy (non-hydrogen) atoms. The Balaban J connectivity index is 2.00. The first-order chi connectivity index (χ1) is 8.67. The number of benzene rings is 1. The molecule has 2 heterocycles. The van der Waals surface area contributed by atoms with Crippen LogP contribution in [0.25, 0.3) is 0 Å². The Kier molecular flexibility index (Phi) is 2.59. The van der Waals surface area contributed by atoms with Gasteiger partial charge in [-0.25, -0.2) is 13.4 Å². The molecule has 0 radical (unpaired) electrons. The van der Waals surface area contributed by atoms with E-state index in [9.17, 15) is 8.42 Å². The minimum atomic E-state index is -3.12. The van der Waals surface area contributed by atoms with E-state index < -0.39 is 9.84 Å². The number of H-pyrrole nitrogens is 1. The average Bonchev–Trinajstić information content (AvgIpc) is 2.86. The average molecular weight is 263 g/mol. The van der Waals surface area contributed by atoms with Gasteiger partial charge in [-0.15, -0.1) is 0 Å². The van der Waals surface area contributed by atoms with Crippen LogP contribution in [-0.2, 0) is 16.4 Å². The molecule has 0 aliphatic carbocycles. The summed E-state index contributed by atoms with van der Waals surface area (Å²) in [6.07, 6.45) is 3.45. The van der Waals surface area contributed by atoms with Gasteiger partial charge in [-0.2, -0.15) is 0 Å². The highest BCUT2D eigenvalue weighted by Gasteiger charge is 2.27. The van der Waals surface area contributed by atoms with Crippen molar-refractivity contribution in [1.82, 2.24) is 9.97 Å². The number of hydrogen-bond acceptors (Lipinski definition) is 4. The molecule has 0 unspecified atom stereocenters. The van der Waals surface area contributed by atoms with E-state index in [1.807, 2.05) is 23.2 Å². The van der Waals surface area contributed by atoms with Crippen molar-refractivity contribution in [2.75, 3.05) is 17.2 Å². The second kappa shape index (κ2) is 4.13. The van der Waals surface area contributed by atoms with E-state index in [-0.39, 0.29) is 5.75 Å². The van der Waals surface area contributed by atoms with Crippen molar-refractivity contribution in [2.24, 2.45) is 0 Å². The molecule has 6 heteroatoms. The molecule has 0 atom stereocenters. The molecular formula is C12H13N3O2S. The molecule has 0 fully saturated rings. The lowest BCUT2D eigenvalue weighted by Gasteiger charge is -2.30. The largest absolute Gasteiger partial charge is 0.363 e. The second-order valence-corrected chi connectivity index (χ2v) is 6.35. The third-order valence-corrected chi connectivity index (χ3v) is 4.81. The van der Waals surface area contributed by atoms with Crippen molar-refractivity contribution in [3.63, 3.8) is 0 Å². The van der Waals surface area contributed by atoms with Crippen molar-refractivity contribution < 1.29 is 8.42 Å². The first kappa shape index (κ1) is 11.3. The van der Waals surface area contributed by atoms with Crippen LogP contribution >= 0.6 is 0 Å². The Hall–Kier alpha value is -1.82. The van der Waals surface area contributed by atoms with Crippen molar-refractivity contribution in [3.8, 4) is 0 Å². The lowest BCUT2D eigenvalue weighted by atomic mass is 10.2. The summed E-state index contributed by atoms with van der Waals surface area (Å²) in [5.74, 6) is 0.161. The Bertz CT molecular complexity index is 650. The predicted octanol–water partition coefficient (Wildman–Crippen LogP) is 1.20. The number of nitrogens with zero attached hydrogens (tertiary/aromatic N) is 2. The molecular weight excluding hydrogens is 250 g/mol. The fraction of sp³-hybridized carbons (Fsp3) is 0.250. The van der Waals surface area contributed by atoms with E-state index in [1.165, 1.54) is 0 Å². The van der Waals surface area contributed by atoms with E-state index in [4.69, 9.17) is 0 Å². The van der Waals surface area contributed by atoms with Crippen LogP contribution in [0.4, 0.5) is 5.69 Å². The summed E-state index contributed by atoms with van der Waals surface area (Å²) in [7, 11) is -3.12. The number of imidazole rings is 1. The van der Waals surface area contributed by atoms with Crippen LogP contribution in [0.1, 0.15) is 5.69 Å². The molecule has 0 amide bonds. The highest BCUT2D eigenvalue weighted by Crippen LogP contribution is 2.30. The minimum Gasteiger partial charge on any atom is -0.363 e. The summed E-state index contributed by atoms with van der Waals surface area (Å²) in [5.41, 5.74) is 1.68. The number of anilines is 1. The topological polar surface area (TPSA) is 66.1 Å². The Morgan fingerprint density at radius 3 is 2.94 bits per heavy atom. The molecule has 1 N–H and O–H groups in total. The molecule has 0 saturated heterocycles. The van der Waals surface area contributed by atoms with E-state index >= 15 is 0 Å². The van der Waals surface area contributed by atoms with Gasteiger partial charge in [0.25, 0.3) is 0 Å². The Labute approximate surface area is 105 Å². The number of aromatic nitrogens is 2. The molecule has 3 rings (SSSR count). The lowest BCUT2D eigenvalue weighted by molar-refractivity contribution is 0.589. The van der Waals surface area contributed by atoms with Crippen molar-refractivity contribution >= 4 is 15.5 Å². The first-order valence-electron chi connectivity index (χ1n) is 5.71. The number of sulfone groups is 1. The highest BCUT2D eigenvalue weighted by molar-refractivity contribution is 7.91. The van der Waals surface area contributed by atoms with Crippen LogP contribution in [0.2, 0.25) is 0 Å². The number of fused-ring (bicyclic) bond motifs is 1. The van der Waals surface area contributed by atoms with Gasteiger partial charge in [0.2, 0.25) is 0 Å². The van der Waals surface area contributed by atoms with E-state index in [2.05, 4.69) is 9.97 Å². The summed E-state index contributed by atoms with van der Waals surface area (Å²) in [6.45, 7) is 1.13. The molecule has 0 bridgehead atoms. The van der Waals surface area contributed by atoms with Gasteiger partial charge in [0.1, 0.15) is 0 Å². The van der Waals surface area contributed by atoms with Crippen molar-refractivity contribution in [2.45, 2.75) is 11.4 Å². The van der Waals surface area contributed by atoms with Crippen LogP contribution in [0.15, 0.2) is 41.7 Å². The number of aromatic amines is 1. The van der Waals surface area contributed by atoms with Crippen LogP contribution < -0.4 is 4.90 Å². The summed E-state index contributed by atoms with van der Waals surface area (Å²) >= 11 is 0. The number of rotatable bonds is 2. The van der Waals surface area contributed by atoms with Crippen LogP contribution in [0, 0.1) is 0 Å². The molecule has 2 aromatic rings. The van der Waals surface area contributed by atoms with Gasteiger partial charge >= 0.3 is 0 Å². The van der Waals surface area contributed by atoms with Crippen LogP contribution in [-0.4, -0.2) is 30.7 Å². The van der Waals surface area contributed by atoms with Gasteiger partial charge in [-0.1, -0.05) is 12.1 Å². The Morgan fingerprint density at radius 1 is 1.33 bits per heavy atom.